The van der Waals surface area contributed by atoms with Gasteiger partial charge >= 0.3 is 0 Å². The molecule has 0 heterocycles. The molecule has 0 spiro atoms. The minimum Gasteiger partial charge on any atom is -0.493 e. The van der Waals surface area contributed by atoms with Gasteiger partial charge in [0.1, 0.15) is 17.2 Å². The molecule has 172 valence electrons. The van der Waals surface area contributed by atoms with E-state index >= 15 is 0 Å². The van der Waals surface area contributed by atoms with E-state index in [2.05, 4.69) is 5.32 Å². The summed E-state index contributed by atoms with van der Waals surface area (Å²) in [6.45, 7) is 5.08. The van der Waals surface area contributed by atoms with E-state index in [0.29, 0.717) is 5.92 Å². The van der Waals surface area contributed by atoms with E-state index in [1.54, 1.807) is 0 Å². The standard InChI is InChI=1S/C27H35NO4/c1-19(28-20(2)29)23-10-14-24(15-11-23)30-17-22-8-12-25(13-9-22)32-27-5-3-4-26(16-27)31-18-21-6-7-21/h3-5,10-11,14-16,19,21-22,25H,6-9,12-13,17-18H2,1-2H3,(H,28,29). The van der Waals surface area contributed by atoms with Crippen molar-refractivity contribution in [3.05, 3.63) is 54.1 Å². The van der Waals surface area contributed by atoms with Crippen molar-refractivity contribution >= 4 is 5.91 Å². The molecule has 0 radical (unpaired) electrons. The number of carbonyl (C=O) groups excluding carboxylic acids is 1. The second kappa shape index (κ2) is 10.8. The summed E-state index contributed by atoms with van der Waals surface area (Å²) in [6.07, 6.45) is 7.18. The van der Waals surface area contributed by atoms with Crippen LogP contribution >= 0.6 is 0 Å². The predicted octanol–water partition coefficient (Wildman–Crippen LogP) is 5.69. The lowest BCUT2D eigenvalue weighted by Gasteiger charge is -2.29. The summed E-state index contributed by atoms with van der Waals surface area (Å²) in [5.74, 6) is 3.99. The third-order valence-corrected chi connectivity index (χ3v) is 6.37. The fourth-order valence-corrected chi connectivity index (χ4v) is 4.20. The maximum absolute atomic E-state index is 11.2. The zero-order valence-corrected chi connectivity index (χ0v) is 19.2. The molecule has 0 aromatic heterocycles. The van der Waals surface area contributed by atoms with Crippen LogP contribution < -0.4 is 19.5 Å². The molecule has 1 amide bonds. The molecule has 1 atom stereocenters. The van der Waals surface area contributed by atoms with E-state index in [0.717, 1.165) is 67.6 Å². The molecule has 1 unspecified atom stereocenters. The molecule has 5 heteroatoms. The molecule has 2 aliphatic carbocycles. The number of nitrogens with one attached hydrogen (secondary N) is 1. The Kier molecular flexibility index (Phi) is 7.56. The highest BCUT2D eigenvalue weighted by molar-refractivity contribution is 5.73. The molecule has 0 bridgehead atoms. The first-order chi connectivity index (χ1) is 15.5. The maximum Gasteiger partial charge on any atom is 0.217 e. The molecule has 5 nitrogen and oxygen atoms in total. The van der Waals surface area contributed by atoms with Gasteiger partial charge in [-0.3, -0.25) is 4.79 Å². The van der Waals surface area contributed by atoms with E-state index in [9.17, 15) is 4.79 Å². The molecular formula is C27H35NO4. The largest absolute Gasteiger partial charge is 0.493 e. The van der Waals surface area contributed by atoms with Crippen LogP contribution in [0.5, 0.6) is 17.2 Å². The van der Waals surface area contributed by atoms with E-state index in [1.165, 1.54) is 19.8 Å². The highest BCUT2D eigenvalue weighted by Crippen LogP contribution is 2.32. The van der Waals surface area contributed by atoms with Gasteiger partial charge in [-0.05, 0) is 87.1 Å². The van der Waals surface area contributed by atoms with Crippen LogP contribution in [0.25, 0.3) is 0 Å². The van der Waals surface area contributed by atoms with Crippen molar-refractivity contribution in [2.75, 3.05) is 13.2 Å². The third-order valence-electron chi connectivity index (χ3n) is 6.37. The van der Waals surface area contributed by atoms with Crippen molar-refractivity contribution in [2.45, 2.75) is 64.5 Å². The summed E-state index contributed by atoms with van der Waals surface area (Å²) in [5, 5.41) is 2.90. The van der Waals surface area contributed by atoms with Gasteiger partial charge in [0.25, 0.3) is 0 Å². The summed E-state index contributed by atoms with van der Waals surface area (Å²) in [6, 6.07) is 16.1. The second-order valence-corrected chi connectivity index (χ2v) is 9.29. The Labute approximate surface area is 191 Å². The van der Waals surface area contributed by atoms with Gasteiger partial charge in [-0.1, -0.05) is 18.2 Å². The van der Waals surface area contributed by atoms with Gasteiger partial charge in [0.05, 0.1) is 25.4 Å². The fraction of sp³-hybridized carbons (Fsp3) is 0.519. The molecule has 2 aliphatic rings. The Morgan fingerprint density at radius 2 is 1.47 bits per heavy atom. The number of ether oxygens (including phenoxy) is 3. The van der Waals surface area contributed by atoms with Crippen LogP contribution in [0, 0.1) is 11.8 Å². The highest BCUT2D eigenvalue weighted by Gasteiger charge is 2.24. The van der Waals surface area contributed by atoms with Gasteiger partial charge in [0.2, 0.25) is 5.91 Å². The number of carbonyl (C=O) groups is 1. The highest BCUT2D eigenvalue weighted by atomic mass is 16.5. The van der Waals surface area contributed by atoms with Gasteiger partial charge in [-0.25, -0.2) is 0 Å². The van der Waals surface area contributed by atoms with Gasteiger partial charge in [0, 0.05) is 13.0 Å². The molecule has 1 N–H and O–H groups in total. The van der Waals surface area contributed by atoms with Crippen LogP contribution in [0.3, 0.4) is 0 Å². The van der Waals surface area contributed by atoms with Crippen LogP contribution in [-0.4, -0.2) is 25.2 Å². The molecule has 4 rings (SSSR count). The lowest BCUT2D eigenvalue weighted by atomic mass is 9.88. The molecule has 2 saturated carbocycles. The monoisotopic (exact) mass is 437 g/mol. The zero-order valence-electron chi connectivity index (χ0n) is 19.2. The maximum atomic E-state index is 11.2. The minimum atomic E-state index is -0.0213. The van der Waals surface area contributed by atoms with Crippen molar-refractivity contribution in [3.63, 3.8) is 0 Å². The first-order valence-corrected chi connectivity index (χ1v) is 11.9. The first kappa shape index (κ1) is 22.5. The Morgan fingerprint density at radius 1 is 0.875 bits per heavy atom. The average Bonchev–Trinajstić information content (AvgIpc) is 3.62. The average molecular weight is 438 g/mol. The smallest absolute Gasteiger partial charge is 0.217 e. The van der Waals surface area contributed by atoms with Crippen LogP contribution in [0.4, 0.5) is 0 Å². The quantitative estimate of drug-likeness (QED) is 0.519. The number of hydrogen-bond donors (Lipinski definition) is 1. The van der Waals surface area contributed by atoms with Gasteiger partial charge in [-0.2, -0.15) is 0 Å². The van der Waals surface area contributed by atoms with E-state index in [4.69, 9.17) is 14.2 Å². The number of benzene rings is 2. The fourth-order valence-electron chi connectivity index (χ4n) is 4.20. The van der Waals surface area contributed by atoms with Gasteiger partial charge < -0.3 is 19.5 Å². The molecule has 0 aliphatic heterocycles. The van der Waals surface area contributed by atoms with Crippen molar-refractivity contribution in [1.29, 1.82) is 0 Å². The Hall–Kier alpha value is -2.69. The summed E-state index contributed by atoms with van der Waals surface area (Å²) in [4.78, 5) is 11.2. The zero-order chi connectivity index (χ0) is 22.3. The third kappa shape index (κ3) is 6.91. The summed E-state index contributed by atoms with van der Waals surface area (Å²) >= 11 is 0. The van der Waals surface area contributed by atoms with Crippen LogP contribution in [0.15, 0.2) is 48.5 Å². The number of hydrogen-bond acceptors (Lipinski definition) is 4. The van der Waals surface area contributed by atoms with Crippen molar-refractivity contribution in [3.8, 4) is 17.2 Å². The summed E-state index contributed by atoms with van der Waals surface area (Å²) in [7, 11) is 0. The van der Waals surface area contributed by atoms with Gasteiger partial charge in [0.15, 0.2) is 0 Å². The van der Waals surface area contributed by atoms with Gasteiger partial charge in [-0.15, -0.1) is 0 Å². The lowest BCUT2D eigenvalue weighted by Crippen LogP contribution is -2.27. The topological polar surface area (TPSA) is 56.8 Å². The lowest BCUT2D eigenvalue weighted by molar-refractivity contribution is -0.119. The molecule has 2 aromatic carbocycles. The Bertz CT molecular complexity index is 869. The summed E-state index contributed by atoms with van der Waals surface area (Å²) in [5.41, 5.74) is 1.08. The number of rotatable bonds is 10. The normalized spacial score (nSPS) is 21.4. The van der Waals surface area contributed by atoms with Crippen LogP contribution in [-0.2, 0) is 4.79 Å². The summed E-state index contributed by atoms with van der Waals surface area (Å²) < 4.78 is 18.2. The predicted molar refractivity (Wildman–Crippen MR) is 125 cm³/mol. The van der Waals surface area contributed by atoms with Crippen molar-refractivity contribution < 1.29 is 19.0 Å². The van der Waals surface area contributed by atoms with E-state index in [1.807, 2.05) is 55.5 Å². The molecule has 2 aromatic rings. The first-order valence-electron chi connectivity index (χ1n) is 11.9. The number of amides is 1. The minimum absolute atomic E-state index is 0.00211. The SMILES string of the molecule is CC(=O)NC(C)c1ccc(OCC2CCC(Oc3cccc(OCC4CC4)c3)CC2)cc1. The second-order valence-electron chi connectivity index (χ2n) is 9.29. The molecule has 32 heavy (non-hydrogen) atoms. The Morgan fingerprint density at radius 3 is 2.09 bits per heavy atom. The van der Waals surface area contributed by atoms with Crippen molar-refractivity contribution in [2.24, 2.45) is 11.8 Å². The van der Waals surface area contributed by atoms with Crippen LogP contribution in [0.1, 0.15) is 64.0 Å². The van der Waals surface area contributed by atoms with E-state index in [-0.39, 0.29) is 18.1 Å². The molecule has 2 fully saturated rings. The van der Waals surface area contributed by atoms with Crippen molar-refractivity contribution in [1.82, 2.24) is 5.32 Å². The molecule has 0 saturated heterocycles. The van der Waals surface area contributed by atoms with E-state index < -0.39 is 0 Å². The van der Waals surface area contributed by atoms with Crippen LogP contribution in [0.2, 0.25) is 0 Å². The Balaban J connectivity index is 1.17. The molecular weight excluding hydrogens is 402 g/mol.